The van der Waals surface area contributed by atoms with E-state index in [9.17, 15) is 4.79 Å². The van der Waals surface area contributed by atoms with E-state index in [1.807, 2.05) is 0 Å². The Morgan fingerprint density at radius 2 is 1.75 bits per heavy atom. The number of likely N-dealkylation sites (tertiary alicyclic amines) is 1. The zero-order valence-corrected chi connectivity index (χ0v) is 12.8. The minimum atomic E-state index is 0.192. The Hall–Kier alpha value is -0.650. The van der Waals surface area contributed by atoms with Gasteiger partial charge in [-0.15, -0.1) is 0 Å². The second kappa shape index (κ2) is 8.60. The van der Waals surface area contributed by atoms with E-state index in [2.05, 4.69) is 22.0 Å². The number of carbonyl (C=O) groups excluding carboxylic acids is 1. The SMILES string of the molecule is CC1CCN(CCC(=O)NCCN2CCOCC2)CC1. The van der Waals surface area contributed by atoms with Crippen LogP contribution in [0.1, 0.15) is 26.2 Å². The summed E-state index contributed by atoms with van der Waals surface area (Å²) in [5.74, 6) is 1.05. The fourth-order valence-electron chi connectivity index (χ4n) is 2.81. The number of amides is 1. The number of hydrogen-bond acceptors (Lipinski definition) is 4. The highest BCUT2D eigenvalue weighted by Gasteiger charge is 2.16. The summed E-state index contributed by atoms with van der Waals surface area (Å²) in [7, 11) is 0. The number of rotatable bonds is 6. The molecule has 2 rings (SSSR count). The summed E-state index contributed by atoms with van der Waals surface area (Å²) < 4.78 is 5.31. The first-order valence-electron chi connectivity index (χ1n) is 8.03. The Labute approximate surface area is 122 Å². The van der Waals surface area contributed by atoms with Gasteiger partial charge in [0.2, 0.25) is 5.91 Å². The maximum atomic E-state index is 11.8. The Bertz CT molecular complexity index is 285. The summed E-state index contributed by atoms with van der Waals surface area (Å²) in [4.78, 5) is 16.6. The van der Waals surface area contributed by atoms with E-state index in [0.717, 1.165) is 64.9 Å². The van der Waals surface area contributed by atoms with Gasteiger partial charge in [0.05, 0.1) is 13.2 Å². The molecule has 0 unspecified atom stereocenters. The lowest BCUT2D eigenvalue weighted by Gasteiger charge is -2.30. The topological polar surface area (TPSA) is 44.8 Å². The molecule has 2 saturated heterocycles. The third-order valence-electron chi connectivity index (χ3n) is 4.39. The van der Waals surface area contributed by atoms with Crippen LogP contribution < -0.4 is 5.32 Å². The second-order valence-electron chi connectivity index (χ2n) is 6.08. The Kier molecular flexibility index (Phi) is 6.76. The van der Waals surface area contributed by atoms with Crippen LogP contribution in [-0.2, 0) is 9.53 Å². The van der Waals surface area contributed by atoms with Crippen molar-refractivity contribution in [2.45, 2.75) is 26.2 Å². The fourth-order valence-corrected chi connectivity index (χ4v) is 2.81. The number of nitrogens with one attached hydrogen (secondary N) is 1. The van der Waals surface area contributed by atoms with Crippen LogP contribution in [0.4, 0.5) is 0 Å². The van der Waals surface area contributed by atoms with Gasteiger partial charge >= 0.3 is 0 Å². The quantitative estimate of drug-likeness (QED) is 0.773. The van der Waals surface area contributed by atoms with Crippen molar-refractivity contribution in [3.8, 4) is 0 Å². The molecule has 5 heteroatoms. The first-order valence-corrected chi connectivity index (χ1v) is 8.03. The molecule has 0 radical (unpaired) electrons. The molecule has 0 aromatic carbocycles. The second-order valence-corrected chi connectivity index (χ2v) is 6.08. The lowest BCUT2D eigenvalue weighted by Crippen LogP contribution is -2.42. The summed E-state index contributed by atoms with van der Waals surface area (Å²) in [6.07, 6.45) is 3.19. The van der Waals surface area contributed by atoms with E-state index < -0.39 is 0 Å². The largest absolute Gasteiger partial charge is 0.379 e. The number of hydrogen-bond donors (Lipinski definition) is 1. The van der Waals surface area contributed by atoms with E-state index in [1.165, 1.54) is 12.8 Å². The van der Waals surface area contributed by atoms with Gasteiger partial charge in [0, 0.05) is 39.1 Å². The molecule has 0 bridgehead atoms. The van der Waals surface area contributed by atoms with Gasteiger partial charge in [-0.3, -0.25) is 9.69 Å². The van der Waals surface area contributed by atoms with Crippen LogP contribution in [0.2, 0.25) is 0 Å². The number of piperidine rings is 1. The van der Waals surface area contributed by atoms with Gasteiger partial charge in [0.15, 0.2) is 0 Å². The van der Waals surface area contributed by atoms with Crippen molar-refractivity contribution in [3.05, 3.63) is 0 Å². The summed E-state index contributed by atoms with van der Waals surface area (Å²) >= 11 is 0. The molecule has 5 nitrogen and oxygen atoms in total. The van der Waals surface area contributed by atoms with Crippen LogP contribution in [0, 0.1) is 5.92 Å². The Morgan fingerprint density at radius 1 is 1.10 bits per heavy atom. The van der Waals surface area contributed by atoms with Gasteiger partial charge in [0.1, 0.15) is 0 Å². The molecule has 0 aliphatic carbocycles. The first-order chi connectivity index (χ1) is 9.74. The average Bonchev–Trinajstić information content (AvgIpc) is 2.48. The third-order valence-corrected chi connectivity index (χ3v) is 4.39. The molecule has 1 amide bonds. The van der Waals surface area contributed by atoms with Crippen molar-refractivity contribution in [1.29, 1.82) is 0 Å². The van der Waals surface area contributed by atoms with E-state index in [-0.39, 0.29) is 5.91 Å². The molecule has 116 valence electrons. The predicted molar refractivity (Wildman–Crippen MR) is 79.7 cm³/mol. The zero-order valence-electron chi connectivity index (χ0n) is 12.8. The third kappa shape index (κ3) is 5.77. The molecule has 20 heavy (non-hydrogen) atoms. The van der Waals surface area contributed by atoms with Crippen LogP contribution in [0.3, 0.4) is 0 Å². The Morgan fingerprint density at radius 3 is 2.45 bits per heavy atom. The highest BCUT2D eigenvalue weighted by molar-refractivity contribution is 5.76. The molecule has 0 saturated carbocycles. The highest BCUT2D eigenvalue weighted by Crippen LogP contribution is 2.15. The lowest BCUT2D eigenvalue weighted by atomic mass is 9.99. The van der Waals surface area contributed by atoms with Crippen LogP contribution in [0.15, 0.2) is 0 Å². The van der Waals surface area contributed by atoms with E-state index in [4.69, 9.17) is 4.74 Å². The van der Waals surface area contributed by atoms with E-state index >= 15 is 0 Å². The van der Waals surface area contributed by atoms with Gasteiger partial charge in [-0.1, -0.05) is 6.92 Å². The minimum Gasteiger partial charge on any atom is -0.379 e. The van der Waals surface area contributed by atoms with E-state index in [1.54, 1.807) is 0 Å². The van der Waals surface area contributed by atoms with Crippen molar-refractivity contribution in [2.24, 2.45) is 5.92 Å². The van der Waals surface area contributed by atoms with Crippen LogP contribution in [-0.4, -0.2) is 74.7 Å². The molecule has 2 aliphatic rings. The smallest absolute Gasteiger partial charge is 0.221 e. The highest BCUT2D eigenvalue weighted by atomic mass is 16.5. The zero-order chi connectivity index (χ0) is 14.2. The minimum absolute atomic E-state index is 0.192. The van der Waals surface area contributed by atoms with E-state index in [0.29, 0.717) is 6.42 Å². The van der Waals surface area contributed by atoms with Crippen molar-refractivity contribution in [3.63, 3.8) is 0 Å². The number of carbonyl (C=O) groups is 1. The molecular formula is C15H29N3O2. The standard InChI is InChI=1S/C15H29N3O2/c1-14-2-6-17(7-3-14)8-4-15(19)16-5-9-18-10-12-20-13-11-18/h14H,2-13H2,1H3,(H,16,19). The summed E-state index contributed by atoms with van der Waals surface area (Å²) in [6, 6.07) is 0. The van der Waals surface area contributed by atoms with Crippen molar-refractivity contribution in [2.75, 3.05) is 59.0 Å². The fraction of sp³-hybridized carbons (Fsp3) is 0.933. The summed E-state index contributed by atoms with van der Waals surface area (Å²) in [5, 5.41) is 3.03. The van der Waals surface area contributed by atoms with Crippen LogP contribution >= 0.6 is 0 Å². The van der Waals surface area contributed by atoms with Gasteiger partial charge in [-0.2, -0.15) is 0 Å². The van der Waals surface area contributed by atoms with Crippen molar-refractivity contribution in [1.82, 2.24) is 15.1 Å². The molecule has 2 heterocycles. The molecule has 0 aromatic rings. The molecule has 0 atom stereocenters. The number of ether oxygens (including phenoxy) is 1. The molecule has 2 aliphatic heterocycles. The van der Waals surface area contributed by atoms with Gasteiger partial charge in [-0.25, -0.2) is 0 Å². The van der Waals surface area contributed by atoms with Gasteiger partial charge in [-0.05, 0) is 31.8 Å². The first kappa shape index (κ1) is 15.7. The van der Waals surface area contributed by atoms with Gasteiger partial charge in [0.25, 0.3) is 0 Å². The molecule has 2 fully saturated rings. The number of nitrogens with zero attached hydrogens (tertiary/aromatic N) is 2. The average molecular weight is 283 g/mol. The van der Waals surface area contributed by atoms with Crippen LogP contribution in [0.25, 0.3) is 0 Å². The molecule has 1 N–H and O–H groups in total. The lowest BCUT2D eigenvalue weighted by molar-refractivity contribution is -0.121. The predicted octanol–water partition coefficient (Wildman–Crippen LogP) is 0.557. The molecule has 0 spiro atoms. The maximum absolute atomic E-state index is 11.8. The maximum Gasteiger partial charge on any atom is 0.221 e. The van der Waals surface area contributed by atoms with Crippen molar-refractivity contribution >= 4 is 5.91 Å². The Balaban J connectivity index is 1.49. The normalized spacial score (nSPS) is 22.9. The monoisotopic (exact) mass is 283 g/mol. The van der Waals surface area contributed by atoms with Crippen molar-refractivity contribution < 1.29 is 9.53 Å². The summed E-state index contributed by atoms with van der Waals surface area (Å²) in [6.45, 7) is 10.9. The molecule has 0 aromatic heterocycles. The number of morpholine rings is 1. The molecular weight excluding hydrogens is 254 g/mol. The van der Waals surface area contributed by atoms with Crippen LogP contribution in [0.5, 0.6) is 0 Å². The van der Waals surface area contributed by atoms with Gasteiger partial charge < -0.3 is 15.0 Å². The summed E-state index contributed by atoms with van der Waals surface area (Å²) in [5.41, 5.74) is 0.